The van der Waals surface area contributed by atoms with E-state index in [0.29, 0.717) is 5.75 Å². The summed E-state index contributed by atoms with van der Waals surface area (Å²) in [5, 5.41) is 9.32. The maximum absolute atomic E-state index is 13.3. The summed E-state index contributed by atoms with van der Waals surface area (Å²) < 4.78 is 32.2. The molecule has 1 atom stereocenters. The quantitative estimate of drug-likeness (QED) is 0.283. The molecular weight excluding hydrogens is 450 g/mol. The van der Waals surface area contributed by atoms with Gasteiger partial charge in [-0.3, -0.25) is 10.0 Å². The average molecular weight is 484 g/mol. The Labute approximate surface area is 195 Å². The molecule has 0 spiro atoms. The highest BCUT2D eigenvalue weighted by Crippen LogP contribution is 2.34. The molecule has 10 heteroatoms. The van der Waals surface area contributed by atoms with Crippen LogP contribution in [0.3, 0.4) is 0 Å². The maximum Gasteiger partial charge on any atom is 0.263 e. The Bertz CT molecular complexity index is 917. The summed E-state index contributed by atoms with van der Waals surface area (Å²) in [4.78, 5) is 15.0. The topological polar surface area (TPSA) is 99.2 Å². The lowest BCUT2D eigenvalue weighted by atomic mass is 10.0. The van der Waals surface area contributed by atoms with Crippen molar-refractivity contribution in [2.24, 2.45) is 0 Å². The summed E-state index contributed by atoms with van der Waals surface area (Å²) >= 11 is 1.52. The number of carbonyl (C=O) groups excluding carboxylic acids is 1. The number of nitrogens with zero attached hydrogens (tertiary/aromatic N) is 2. The lowest BCUT2D eigenvalue weighted by Crippen LogP contribution is -2.56. The number of sulfonamides is 1. The van der Waals surface area contributed by atoms with Crippen LogP contribution in [0.2, 0.25) is 0 Å². The van der Waals surface area contributed by atoms with E-state index in [2.05, 4.69) is 16.7 Å². The van der Waals surface area contributed by atoms with Gasteiger partial charge in [-0.2, -0.15) is 16.1 Å². The first-order valence-corrected chi connectivity index (χ1v) is 13.0. The van der Waals surface area contributed by atoms with Crippen molar-refractivity contribution < 1.29 is 23.2 Å². The molecule has 0 bridgehead atoms. The van der Waals surface area contributed by atoms with Gasteiger partial charge in [0.1, 0.15) is 18.4 Å². The molecule has 1 aliphatic heterocycles. The zero-order chi connectivity index (χ0) is 23.8. The van der Waals surface area contributed by atoms with Gasteiger partial charge in [0.05, 0.1) is 4.90 Å². The van der Waals surface area contributed by atoms with Crippen LogP contribution in [0.5, 0.6) is 5.75 Å². The van der Waals surface area contributed by atoms with E-state index in [0.717, 1.165) is 29.7 Å². The van der Waals surface area contributed by atoms with E-state index < -0.39 is 26.7 Å². The number of likely N-dealkylation sites (tertiary alicyclic amines) is 1. The molecule has 1 aromatic carbocycles. The summed E-state index contributed by atoms with van der Waals surface area (Å²) in [6.07, 6.45) is 2.39. The maximum atomic E-state index is 13.3. The van der Waals surface area contributed by atoms with Crippen molar-refractivity contribution in [1.82, 2.24) is 14.7 Å². The predicted molar refractivity (Wildman–Crippen MR) is 126 cm³/mol. The van der Waals surface area contributed by atoms with Crippen molar-refractivity contribution >= 4 is 27.7 Å². The largest absolute Gasteiger partial charge is 0.481 e. The van der Waals surface area contributed by atoms with Crippen molar-refractivity contribution in [3.8, 4) is 17.6 Å². The third-order valence-electron chi connectivity index (χ3n) is 5.45. The van der Waals surface area contributed by atoms with Gasteiger partial charge in [0, 0.05) is 24.1 Å². The van der Waals surface area contributed by atoms with Crippen molar-refractivity contribution in [2.45, 2.75) is 49.3 Å². The first-order valence-electron chi connectivity index (χ1n) is 10.5. The number of likely N-dealkylation sites (N-methyl/N-ethyl adjacent to an activating group) is 1. The minimum Gasteiger partial charge on any atom is -0.481 e. The SMILES string of the molecule is CC#CCOc1ccc(S(=O)(=O)N(C)C(C(=O)NO)C(C)(C)SCCN2CCCC2)cc1. The van der Waals surface area contributed by atoms with Gasteiger partial charge in [0.15, 0.2) is 0 Å². The van der Waals surface area contributed by atoms with Crippen molar-refractivity contribution in [1.29, 1.82) is 0 Å². The van der Waals surface area contributed by atoms with E-state index in [1.54, 1.807) is 24.5 Å². The second-order valence-corrected chi connectivity index (χ2v) is 11.8. The molecule has 0 radical (unpaired) electrons. The highest BCUT2D eigenvalue weighted by Gasteiger charge is 2.43. The molecule has 32 heavy (non-hydrogen) atoms. The van der Waals surface area contributed by atoms with Crippen LogP contribution in [0.25, 0.3) is 0 Å². The minimum absolute atomic E-state index is 0.0301. The van der Waals surface area contributed by atoms with Gasteiger partial charge in [0.2, 0.25) is 10.0 Å². The number of hydrogen-bond acceptors (Lipinski definition) is 7. The highest BCUT2D eigenvalue weighted by molar-refractivity contribution is 8.00. The van der Waals surface area contributed by atoms with Crippen LogP contribution in [-0.2, 0) is 14.8 Å². The standard InChI is InChI=1S/C22H33N3O5S2/c1-5-6-16-30-18-9-11-19(12-10-18)32(28,29)24(4)20(21(26)23-27)22(2,3)31-17-15-25-13-7-8-14-25/h9-12,20,27H,7-8,13-17H2,1-4H3,(H,23,26). The van der Waals surface area contributed by atoms with Gasteiger partial charge in [-0.05, 0) is 71.0 Å². The third kappa shape index (κ3) is 6.86. The number of hydroxylamine groups is 1. The van der Waals surface area contributed by atoms with E-state index in [4.69, 9.17) is 4.74 Å². The van der Waals surface area contributed by atoms with Gasteiger partial charge >= 0.3 is 0 Å². The van der Waals surface area contributed by atoms with E-state index in [-0.39, 0.29) is 11.5 Å². The predicted octanol–water partition coefficient (Wildman–Crippen LogP) is 2.19. The van der Waals surface area contributed by atoms with Gasteiger partial charge in [-0.1, -0.05) is 5.92 Å². The number of rotatable bonds is 11. The molecule has 0 aromatic heterocycles. The Morgan fingerprint density at radius 1 is 1.31 bits per heavy atom. The van der Waals surface area contributed by atoms with Crippen LogP contribution >= 0.6 is 11.8 Å². The van der Waals surface area contributed by atoms with Crippen LogP contribution in [-0.4, -0.2) is 78.6 Å². The summed E-state index contributed by atoms with van der Waals surface area (Å²) in [6.45, 7) is 8.58. The van der Waals surface area contributed by atoms with E-state index >= 15 is 0 Å². The molecule has 1 aliphatic rings. The van der Waals surface area contributed by atoms with Crippen LogP contribution in [0.4, 0.5) is 0 Å². The van der Waals surface area contributed by atoms with Gasteiger partial charge < -0.3 is 9.64 Å². The molecule has 1 amide bonds. The summed E-state index contributed by atoms with van der Waals surface area (Å²) in [7, 11) is -2.64. The average Bonchev–Trinajstić information content (AvgIpc) is 3.27. The number of thioether (sulfide) groups is 1. The Morgan fingerprint density at radius 2 is 1.94 bits per heavy atom. The molecule has 1 fully saturated rings. The summed E-state index contributed by atoms with van der Waals surface area (Å²) in [6, 6.07) is 4.85. The van der Waals surface area contributed by atoms with Gasteiger partial charge in [0.25, 0.3) is 5.91 Å². The number of carbonyl (C=O) groups is 1. The van der Waals surface area contributed by atoms with E-state index in [1.165, 1.54) is 43.8 Å². The van der Waals surface area contributed by atoms with Gasteiger partial charge in [-0.15, -0.1) is 5.92 Å². The molecule has 1 saturated heterocycles. The highest BCUT2D eigenvalue weighted by atomic mass is 32.2. The number of ether oxygens (including phenoxy) is 1. The fraction of sp³-hybridized carbons (Fsp3) is 0.591. The zero-order valence-corrected chi connectivity index (χ0v) is 20.8. The normalized spacial score (nSPS) is 15.8. The van der Waals surface area contributed by atoms with Crippen molar-refractivity contribution in [3.05, 3.63) is 24.3 Å². The lowest BCUT2D eigenvalue weighted by molar-refractivity contribution is -0.133. The minimum atomic E-state index is -4.00. The monoisotopic (exact) mass is 483 g/mol. The van der Waals surface area contributed by atoms with Crippen LogP contribution < -0.4 is 10.2 Å². The summed E-state index contributed by atoms with van der Waals surface area (Å²) in [5.41, 5.74) is 1.64. The lowest BCUT2D eigenvalue weighted by Gasteiger charge is -2.37. The second kappa shape index (κ2) is 11.9. The van der Waals surface area contributed by atoms with E-state index in [1.807, 2.05) is 13.8 Å². The van der Waals surface area contributed by atoms with Crippen molar-refractivity contribution in [3.63, 3.8) is 0 Å². The summed E-state index contributed by atoms with van der Waals surface area (Å²) in [5.74, 6) is 5.97. The number of nitrogens with one attached hydrogen (secondary N) is 1. The molecule has 0 saturated carbocycles. The third-order valence-corrected chi connectivity index (χ3v) is 8.64. The Morgan fingerprint density at radius 3 is 2.50 bits per heavy atom. The van der Waals surface area contributed by atoms with Crippen LogP contribution in [0, 0.1) is 11.8 Å². The molecule has 2 N–H and O–H groups in total. The Hall–Kier alpha value is -1.77. The number of amides is 1. The van der Waals surface area contributed by atoms with Gasteiger partial charge in [-0.25, -0.2) is 13.9 Å². The molecule has 8 nitrogen and oxygen atoms in total. The molecule has 2 rings (SSSR count). The van der Waals surface area contributed by atoms with E-state index in [9.17, 15) is 18.4 Å². The molecule has 1 unspecified atom stereocenters. The number of hydrogen-bond donors (Lipinski definition) is 2. The smallest absolute Gasteiger partial charge is 0.263 e. The molecule has 1 aromatic rings. The molecular formula is C22H33N3O5S2. The first-order chi connectivity index (χ1) is 15.1. The van der Waals surface area contributed by atoms with Crippen LogP contribution in [0.15, 0.2) is 29.2 Å². The Kier molecular flexibility index (Phi) is 9.85. The first kappa shape index (κ1) is 26.5. The zero-order valence-electron chi connectivity index (χ0n) is 19.1. The fourth-order valence-electron chi connectivity index (χ4n) is 3.71. The fourth-order valence-corrected chi connectivity index (χ4v) is 6.52. The molecule has 0 aliphatic carbocycles. The Balaban J connectivity index is 2.17. The molecule has 178 valence electrons. The van der Waals surface area contributed by atoms with Crippen molar-refractivity contribution in [2.75, 3.05) is 39.0 Å². The van der Waals surface area contributed by atoms with Crippen LogP contribution in [0.1, 0.15) is 33.6 Å². The second-order valence-electron chi connectivity index (χ2n) is 8.09. The molecule has 1 heterocycles. The number of benzene rings is 1.